The number of sulfonamides is 1. The van der Waals surface area contributed by atoms with Crippen LogP contribution in [0.3, 0.4) is 0 Å². The second-order valence-electron chi connectivity index (χ2n) is 10.3. The van der Waals surface area contributed by atoms with E-state index < -0.39 is 16.1 Å². The monoisotopic (exact) mass is 573 g/mol. The van der Waals surface area contributed by atoms with Gasteiger partial charge < -0.3 is 24.4 Å². The van der Waals surface area contributed by atoms with Crippen LogP contribution in [0.2, 0.25) is 0 Å². The molecule has 1 unspecified atom stereocenters. The number of carbonyl (C=O) groups excluding carboxylic acids is 2. The SMILES string of the molecule is CCC(C(=O)NC1CCCC1)N(Cc1cccc(OC)c1)C(=O)CCCN(c1ccc2c(c1)OCO2)S(C)(=O)=O. The maximum absolute atomic E-state index is 13.7. The summed E-state index contributed by atoms with van der Waals surface area (Å²) in [5.74, 6) is 1.34. The van der Waals surface area contributed by atoms with E-state index in [4.69, 9.17) is 14.2 Å². The fraction of sp³-hybridized carbons (Fsp3) is 0.517. The Morgan fingerprint density at radius 2 is 1.85 bits per heavy atom. The minimum Gasteiger partial charge on any atom is -0.497 e. The van der Waals surface area contributed by atoms with Gasteiger partial charge in [0.15, 0.2) is 11.5 Å². The van der Waals surface area contributed by atoms with E-state index in [9.17, 15) is 18.0 Å². The van der Waals surface area contributed by atoms with Crippen LogP contribution in [-0.4, -0.2) is 63.9 Å². The Morgan fingerprint density at radius 1 is 1.10 bits per heavy atom. The first kappa shape index (κ1) is 29.5. The molecule has 2 aromatic rings. The Hall–Kier alpha value is -3.47. The van der Waals surface area contributed by atoms with Crippen molar-refractivity contribution in [2.45, 2.75) is 70.5 Å². The Morgan fingerprint density at radius 3 is 2.55 bits per heavy atom. The number of nitrogens with one attached hydrogen (secondary N) is 1. The predicted octanol–water partition coefficient (Wildman–Crippen LogP) is 3.84. The molecular weight excluding hydrogens is 534 g/mol. The standard InChI is InChI=1S/C29H39N3O7S/c1-4-25(29(34)30-22-10-5-6-11-22)31(19-21-9-7-12-24(17-21)37-2)28(33)13-8-16-32(40(3,35)36)23-14-15-26-27(18-23)39-20-38-26/h7,9,12,14-15,17-18,22,25H,4-6,8,10-11,13,16,19-20H2,1-3H3,(H,30,34). The highest BCUT2D eigenvalue weighted by Gasteiger charge is 2.31. The summed E-state index contributed by atoms with van der Waals surface area (Å²) in [6.07, 6.45) is 6.03. The number of ether oxygens (including phenoxy) is 3. The number of nitrogens with zero attached hydrogens (tertiary/aromatic N) is 2. The van der Waals surface area contributed by atoms with Gasteiger partial charge in [-0.25, -0.2) is 8.42 Å². The van der Waals surface area contributed by atoms with Crippen molar-refractivity contribution in [1.29, 1.82) is 0 Å². The third-order valence-electron chi connectivity index (χ3n) is 7.37. The Kier molecular flexibility index (Phi) is 9.78. The van der Waals surface area contributed by atoms with Crippen LogP contribution in [-0.2, 0) is 26.2 Å². The number of amides is 2. The van der Waals surface area contributed by atoms with E-state index in [1.165, 1.54) is 4.31 Å². The van der Waals surface area contributed by atoms with Crippen LogP contribution >= 0.6 is 0 Å². The summed E-state index contributed by atoms with van der Waals surface area (Å²) in [5.41, 5.74) is 1.28. The summed E-state index contributed by atoms with van der Waals surface area (Å²) in [6, 6.07) is 11.9. The molecule has 1 heterocycles. The molecule has 0 bridgehead atoms. The highest BCUT2D eigenvalue weighted by molar-refractivity contribution is 7.92. The molecule has 40 heavy (non-hydrogen) atoms. The number of hydrogen-bond acceptors (Lipinski definition) is 7. The van der Waals surface area contributed by atoms with E-state index in [-0.39, 0.29) is 50.6 Å². The highest BCUT2D eigenvalue weighted by Crippen LogP contribution is 2.36. The number of benzene rings is 2. The summed E-state index contributed by atoms with van der Waals surface area (Å²) in [7, 11) is -2.04. The van der Waals surface area contributed by atoms with Crippen LogP contribution < -0.4 is 23.8 Å². The van der Waals surface area contributed by atoms with E-state index in [0.29, 0.717) is 29.4 Å². The maximum Gasteiger partial charge on any atom is 0.243 e. The molecular formula is C29H39N3O7S. The van der Waals surface area contributed by atoms with E-state index >= 15 is 0 Å². The van der Waals surface area contributed by atoms with Gasteiger partial charge in [0.1, 0.15) is 11.8 Å². The van der Waals surface area contributed by atoms with Crippen molar-refractivity contribution in [1.82, 2.24) is 10.2 Å². The van der Waals surface area contributed by atoms with E-state index in [1.807, 2.05) is 31.2 Å². The van der Waals surface area contributed by atoms with Crippen molar-refractivity contribution >= 4 is 27.5 Å². The lowest BCUT2D eigenvalue weighted by Crippen LogP contribution is -2.51. The van der Waals surface area contributed by atoms with Crippen molar-refractivity contribution in [3.8, 4) is 17.2 Å². The summed E-state index contributed by atoms with van der Waals surface area (Å²) >= 11 is 0. The zero-order chi connectivity index (χ0) is 28.7. The lowest BCUT2D eigenvalue weighted by atomic mass is 10.1. The normalized spacial score (nSPS) is 15.5. The van der Waals surface area contributed by atoms with Gasteiger partial charge in [-0.15, -0.1) is 0 Å². The Balaban J connectivity index is 1.49. The zero-order valence-corrected chi connectivity index (χ0v) is 24.2. The van der Waals surface area contributed by atoms with Gasteiger partial charge in [-0.1, -0.05) is 31.9 Å². The topological polar surface area (TPSA) is 114 Å². The summed E-state index contributed by atoms with van der Waals surface area (Å²) in [5, 5.41) is 3.14. The van der Waals surface area contributed by atoms with Gasteiger partial charge >= 0.3 is 0 Å². The van der Waals surface area contributed by atoms with Crippen LogP contribution in [0, 0.1) is 0 Å². The fourth-order valence-electron chi connectivity index (χ4n) is 5.30. The average Bonchev–Trinajstić information content (AvgIpc) is 3.62. The number of fused-ring (bicyclic) bond motifs is 1. The smallest absolute Gasteiger partial charge is 0.243 e. The number of hydrogen-bond donors (Lipinski definition) is 1. The highest BCUT2D eigenvalue weighted by atomic mass is 32.2. The molecule has 218 valence electrons. The summed E-state index contributed by atoms with van der Waals surface area (Å²) < 4.78 is 42.6. The van der Waals surface area contributed by atoms with Gasteiger partial charge in [0, 0.05) is 31.6 Å². The fourth-order valence-corrected chi connectivity index (χ4v) is 6.26. The third-order valence-corrected chi connectivity index (χ3v) is 8.56. The molecule has 1 aliphatic carbocycles. The molecule has 11 heteroatoms. The van der Waals surface area contributed by atoms with Gasteiger partial charge in [0.05, 0.1) is 19.1 Å². The summed E-state index contributed by atoms with van der Waals surface area (Å²) in [4.78, 5) is 28.6. The third kappa shape index (κ3) is 7.38. The molecule has 1 N–H and O–H groups in total. The van der Waals surface area contributed by atoms with Crippen molar-refractivity contribution in [2.24, 2.45) is 0 Å². The first-order chi connectivity index (χ1) is 19.2. The predicted molar refractivity (Wildman–Crippen MR) is 152 cm³/mol. The second-order valence-corrected chi connectivity index (χ2v) is 12.2. The molecule has 1 saturated carbocycles. The molecule has 0 saturated heterocycles. The molecule has 1 atom stereocenters. The Bertz CT molecular complexity index is 1290. The Labute approximate surface area is 236 Å². The van der Waals surface area contributed by atoms with Crippen molar-refractivity contribution in [3.05, 3.63) is 48.0 Å². The largest absolute Gasteiger partial charge is 0.497 e. The molecule has 1 aliphatic heterocycles. The van der Waals surface area contributed by atoms with E-state index in [0.717, 1.165) is 37.5 Å². The lowest BCUT2D eigenvalue weighted by molar-refractivity contribution is -0.141. The quantitative estimate of drug-likeness (QED) is 0.387. The first-order valence-corrected chi connectivity index (χ1v) is 15.6. The molecule has 4 rings (SSSR count). The maximum atomic E-state index is 13.7. The molecule has 1 fully saturated rings. The number of methoxy groups -OCH3 is 1. The van der Waals surface area contributed by atoms with Gasteiger partial charge in [0.2, 0.25) is 28.6 Å². The molecule has 2 aromatic carbocycles. The molecule has 0 radical (unpaired) electrons. The lowest BCUT2D eigenvalue weighted by Gasteiger charge is -2.32. The van der Waals surface area contributed by atoms with Gasteiger partial charge in [-0.05, 0) is 55.5 Å². The van der Waals surface area contributed by atoms with Gasteiger partial charge in [-0.3, -0.25) is 13.9 Å². The first-order valence-electron chi connectivity index (χ1n) is 13.8. The van der Waals surface area contributed by atoms with Gasteiger partial charge in [-0.2, -0.15) is 0 Å². The molecule has 0 spiro atoms. The minimum absolute atomic E-state index is 0.0771. The molecule has 2 amide bonds. The van der Waals surface area contributed by atoms with Crippen molar-refractivity contribution in [2.75, 3.05) is 31.0 Å². The minimum atomic E-state index is -3.62. The molecule has 0 aromatic heterocycles. The number of anilines is 1. The van der Waals surface area contributed by atoms with Crippen LogP contribution in [0.15, 0.2) is 42.5 Å². The van der Waals surface area contributed by atoms with Crippen LogP contribution in [0.1, 0.15) is 57.4 Å². The van der Waals surface area contributed by atoms with Crippen LogP contribution in [0.5, 0.6) is 17.2 Å². The van der Waals surface area contributed by atoms with E-state index in [2.05, 4.69) is 5.32 Å². The van der Waals surface area contributed by atoms with Crippen LogP contribution in [0.4, 0.5) is 5.69 Å². The van der Waals surface area contributed by atoms with Crippen molar-refractivity contribution < 1.29 is 32.2 Å². The summed E-state index contributed by atoms with van der Waals surface area (Å²) in [6.45, 7) is 2.32. The van der Waals surface area contributed by atoms with Crippen molar-refractivity contribution in [3.63, 3.8) is 0 Å². The second kappa shape index (κ2) is 13.3. The van der Waals surface area contributed by atoms with E-state index in [1.54, 1.807) is 30.2 Å². The number of rotatable bonds is 13. The molecule has 10 nitrogen and oxygen atoms in total. The number of carbonyl (C=O) groups is 2. The van der Waals surface area contributed by atoms with Gasteiger partial charge in [0.25, 0.3) is 0 Å². The van der Waals surface area contributed by atoms with Crippen LogP contribution in [0.25, 0.3) is 0 Å². The molecule has 2 aliphatic rings. The average molecular weight is 574 g/mol. The zero-order valence-electron chi connectivity index (χ0n) is 23.4.